The van der Waals surface area contributed by atoms with Crippen LogP contribution in [0.1, 0.15) is 39.0 Å². The summed E-state index contributed by atoms with van der Waals surface area (Å²) in [6.07, 6.45) is 3.45. The molecule has 4 aromatic rings. The van der Waals surface area contributed by atoms with E-state index in [2.05, 4.69) is 19.9 Å². The largest absolute Gasteiger partial charge is 0.369 e. The molecule has 9 nitrogen and oxygen atoms in total. The van der Waals surface area contributed by atoms with E-state index >= 15 is 0 Å². The Labute approximate surface area is 174 Å². The van der Waals surface area contributed by atoms with Crippen molar-refractivity contribution in [2.24, 2.45) is 0 Å². The highest BCUT2D eigenvalue weighted by Crippen LogP contribution is 2.10. The number of anilines is 1. The lowest BCUT2D eigenvalue weighted by molar-refractivity contribution is 0.770. The Morgan fingerprint density at radius 3 is 2.30 bits per heavy atom. The number of aromatic nitrogens is 6. The van der Waals surface area contributed by atoms with Crippen molar-refractivity contribution in [3.8, 4) is 0 Å². The summed E-state index contributed by atoms with van der Waals surface area (Å²) in [5, 5.41) is 0.711. The topological polar surface area (TPSA) is 124 Å². The van der Waals surface area contributed by atoms with Crippen molar-refractivity contribution in [1.29, 1.82) is 0 Å². The predicted octanol–water partition coefficient (Wildman–Crippen LogP) is 2.78. The Morgan fingerprint density at radius 1 is 1.00 bits per heavy atom. The number of imidazole rings is 1. The van der Waals surface area contributed by atoms with Gasteiger partial charge in [0.15, 0.2) is 16.6 Å². The summed E-state index contributed by atoms with van der Waals surface area (Å²) >= 11 is 0. The standard InChI is InChI=1S/C12H14N2O.C7H9N5O.C2H6/c1-4-14-7-8(2)11(15)10-6-5-9(3)13-12(10)14;1-2-12-3-9-4-5(12)10-7(8)11-6(4)13;1-2/h5-7H,4H2,1-3H3;3H,2H2,1H3,(H3,8,10,11,13);1-2H3. The van der Waals surface area contributed by atoms with Gasteiger partial charge in [-0.25, -0.2) is 9.97 Å². The molecule has 0 aromatic carbocycles. The lowest BCUT2D eigenvalue weighted by Gasteiger charge is -2.09. The van der Waals surface area contributed by atoms with Crippen molar-refractivity contribution in [1.82, 2.24) is 29.1 Å². The summed E-state index contributed by atoms with van der Waals surface area (Å²) in [6, 6.07) is 3.74. The average molecular weight is 412 g/mol. The van der Waals surface area contributed by atoms with E-state index < -0.39 is 0 Å². The third-order valence-electron chi connectivity index (χ3n) is 4.41. The van der Waals surface area contributed by atoms with Gasteiger partial charge in [0.25, 0.3) is 5.56 Å². The number of nitrogens with two attached hydrogens (primary N) is 1. The van der Waals surface area contributed by atoms with E-state index in [1.807, 2.05) is 64.4 Å². The number of pyridine rings is 2. The maximum absolute atomic E-state index is 11.9. The van der Waals surface area contributed by atoms with Crippen LogP contribution in [-0.4, -0.2) is 29.1 Å². The second kappa shape index (κ2) is 9.82. The van der Waals surface area contributed by atoms with Gasteiger partial charge in [0, 0.05) is 30.5 Å². The molecule has 3 N–H and O–H groups in total. The smallest absolute Gasteiger partial charge is 0.280 e. The van der Waals surface area contributed by atoms with E-state index in [9.17, 15) is 9.59 Å². The Kier molecular flexibility index (Phi) is 7.46. The molecule has 9 heteroatoms. The maximum atomic E-state index is 11.9. The van der Waals surface area contributed by atoms with Crippen LogP contribution < -0.4 is 16.7 Å². The molecule has 0 saturated carbocycles. The molecule has 0 aliphatic carbocycles. The quantitative estimate of drug-likeness (QED) is 0.522. The third-order valence-corrected chi connectivity index (χ3v) is 4.41. The highest BCUT2D eigenvalue weighted by molar-refractivity contribution is 5.75. The van der Waals surface area contributed by atoms with Crippen LogP contribution in [0, 0.1) is 13.8 Å². The van der Waals surface area contributed by atoms with E-state index in [1.165, 1.54) is 0 Å². The number of fused-ring (bicyclic) bond motifs is 2. The Bertz CT molecular complexity index is 1270. The second-order valence-corrected chi connectivity index (χ2v) is 6.41. The number of hydrogen-bond acceptors (Lipinski definition) is 6. The van der Waals surface area contributed by atoms with Crippen LogP contribution in [0.25, 0.3) is 22.2 Å². The van der Waals surface area contributed by atoms with Gasteiger partial charge < -0.3 is 14.9 Å². The molecule has 4 heterocycles. The highest BCUT2D eigenvalue weighted by Gasteiger charge is 2.07. The van der Waals surface area contributed by atoms with Crippen molar-refractivity contribution in [3.63, 3.8) is 0 Å². The molecule has 0 radical (unpaired) electrons. The molecule has 30 heavy (non-hydrogen) atoms. The van der Waals surface area contributed by atoms with Crippen LogP contribution in [0.5, 0.6) is 0 Å². The molecule has 0 amide bonds. The fourth-order valence-corrected chi connectivity index (χ4v) is 2.95. The number of aryl methyl sites for hydroxylation is 4. The lowest BCUT2D eigenvalue weighted by atomic mass is 10.2. The maximum Gasteiger partial charge on any atom is 0.280 e. The minimum atomic E-state index is -0.297. The average Bonchev–Trinajstić information content (AvgIpc) is 3.16. The third kappa shape index (κ3) is 4.56. The monoisotopic (exact) mass is 411 g/mol. The minimum absolute atomic E-state index is 0.0854. The van der Waals surface area contributed by atoms with Crippen LogP contribution in [0.4, 0.5) is 5.95 Å². The van der Waals surface area contributed by atoms with Crippen molar-refractivity contribution in [3.05, 3.63) is 56.5 Å². The first-order chi connectivity index (χ1) is 14.3. The van der Waals surface area contributed by atoms with E-state index in [1.54, 1.807) is 10.9 Å². The first-order valence-corrected chi connectivity index (χ1v) is 10.0. The van der Waals surface area contributed by atoms with Gasteiger partial charge in [-0.3, -0.25) is 14.6 Å². The van der Waals surface area contributed by atoms with Gasteiger partial charge >= 0.3 is 0 Å². The molecule has 160 valence electrons. The summed E-state index contributed by atoms with van der Waals surface area (Å²) < 4.78 is 3.78. The number of nitrogens with zero attached hydrogens (tertiary/aromatic N) is 5. The minimum Gasteiger partial charge on any atom is -0.369 e. The molecule has 0 unspecified atom stereocenters. The fourth-order valence-electron chi connectivity index (χ4n) is 2.95. The summed E-state index contributed by atoms with van der Waals surface area (Å²) in [4.78, 5) is 37.9. The van der Waals surface area contributed by atoms with Gasteiger partial charge in [-0.05, 0) is 39.8 Å². The van der Waals surface area contributed by atoms with Gasteiger partial charge in [0.05, 0.1) is 11.7 Å². The van der Waals surface area contributed by atoms with Gasteiger partial charge in [0.2, 0.25) is 5.95 Å². The molecule has 0 aliphatic heterocycles. The van der Waals surface area contributed by atoms with Crippen molar-refractivity contribution in [2.75, 3.05) is 5.73 Å². The van der Waals surface area contributed by atoms with E-state index in [0.29, 0.717) is 23.1 Å². The number of hydrogen-bond donors (Lipinski definition) is 2. The normalized spacial score (nSPS) is 10.3. The first-order valence-electron chi connectivity index (χ1n) is 10.0. The van der Waals surface area contributed by atoms with Crippen LogP contribution in [0.3, 0.4) is 0 Å². The van der Waals surface area contributed by atoms with Gasteiger partial charge in [0.1, 0.15) is 5.65 Å². The summed E-state index contributed by atoms with van der Waals surface area (Å²) in [5.74, 6) is 0.118. The van der Waals surface area contributed by atoms with Crippen LogP contribution in [0.15, 0.2) is 34.2 Å². The zero-order valence-electron chi connectivity index (χ0n) is 18.4. The van der Waals surface area contributed by atoms with Gasteiger partial charge in [-0.15, -0.1) is 0 Å². The molecule has 0 spiro atoms. The number of H-pyrrole nitrogens is 1. The van der Waals surface area contributed by atoms with E-state index in [0.717, 1.165) is 23.4 Å². The molecule has 4 aromatic heterocycles. The molecule has 0 aliphatic rings. The Morgan fingerprint density at radius 2 is 1.67 bits per heavy atom. The number of nitrogens with one attached hydrogen (secondary N) is 1. The van der Waals surface area contributed by atoms with E-state index in [-0.39, 0.29) is 16.9 Å². The summed E-state index contributed by atoms with van der Waals surface area (Å²) in [6.45, 7) is 13.3. The number of aromatic amines is 1. The Balaban J connectivity index is 0.000000199. The SMILES string of the molecule is CC.CCn1cc(C)c(=O)c2ccc(C)nc21.CCn1cnc2c(=O)[nH]c(N)nc21. The number of nitrogen functional groups attached to an aromatic ring is 1. The van der Waals surface area contributed by atoms with Crippen molar-refractivity contribution in [2.45, 2.75) is 54.6 Å². The van der Waals surface area contributed by atoms with Gasteiger partial charge in [-0.1, -0.05) is 13.8 Å². The first kappa shape index (κ1) is 22.8. The lowest BCUT2D eigenvalue weighted by Crippen LogP contribution is -2.13. The second-order valence-electron chi connectivity index (χ2n) is 6.41. The molecule has 0 fully saturated rings. The van der Waals surface area contributed by atoms with Crippen molar-refractivity contribution >= 4 is 28.1 Å². The van der Waals surface area contributed by atoms with Gasteiger partial charge in [-0.2, -0.15) is 4.98 Å². The zero-order valence-corrected chi connectivity index (χ0v) is 18.4. The molecule has 0 bridgehead atoms. The number of rotatable bonds is 2. The van der Waals surface area contributed by atoms with Crippen LogP contribution in [-0.2, 0) is 13.1 Å². The van der Waals surface area contributed by atoms with E-state index in [4.69, 9.17) is 5.73 Å². The highest BCUT2D eigenvalue weighted by atomic mass is 16.1. The molecular weight excluding hydrogens is 382 g/mol. The summed E-state index contributed by atoms with van der Waals surface area (Å²) in [7, 11) is 0. The molecule has 0 saturated heterocycles. The van der Waals surface area contributed by atoms with Crippen molar-refractivity contribution < 1.29 is 0 Å². The van der Waals surface area contributed by atoms with Crippen LogP contribution in [0.2, 0.25) is 0 Å². The molecular formula is C21H29N7O2. The Hall–Kier alpha value is -3.49. The molecule has 4 rings (SSSR count). The predicted molar refractivity (Wildman–Crippen MR) is 121 cm³/mol. The fraction of sp³-hybridized carbons (Fsp3) is 0.381. The molecule has 0 atom stereocenters. The summed E-state index contributed by atoms with van der Waals surface area (Å²) in [5.41, 5.74) is 8.55. The zero-order chi connectivity index (χ0) is 22.4. The van der Waals surface area contributed by atoms with Crippen LogP contribution >= 0.6 is 0 Å².